The lowest BCUT2D eigenvalue weighted by molar-refractivity contribution is -0.184. The summed E-state index contributed by atoms with van der Waals surface area (Å²) in [5.41, 5.74) is -0.736. The van der Waals surface area contributed by atoms with Gasteiger partial charge in [0.15, 0.2) is 23.1 Å². The van der Waals surface area contributed by atoms with Crippen molar-refractivity contribution in [3.63, 3.8) is 0 Å². The highest BCUT2D eigenvalue weighted by atomic mass is 79.9. The van der Waals surface area contributed by atoms with Gasteiger partial charge in [-0.25, -0.2) is 4.39 Å². The van der Waals surface area contributed by atoms with Crippen LogP contribution < -0.4 is 4.74 Å². The van der Waals surface area contributed by atoms with Crippen LogP contribution in [0.5, 0.6) is 11.5 Å². The number of carbonyl (C=O) groups is 2. The zero-order valence-corrected chi connectivity index (χ0v) is 18.7. The van der Waals surface area contributed by atoms with E-state index < -0.39 is 22.9 Å². The summed E-state index contributed by atoms with van der Waals surface area (Å²) in [6, 6.07) is 9.71. The van der Waals surface area contributed by atoms with Crippen LogP contribution in [-0.2, 0) is 20.7 Å². The third-order valence-electron chi connectivity index (χ3n) is 5.15. The molecule has 1 aliphatic rings. The maximum atomic E-state index is 14.2. The van der Waals surface area contributed by atoms with Gasteiger partial charge >= 0.3 is 0 Å². The second-order valence-electron chi connectivity index (χ2n) is 8.18. The Kier molecular flexibility index (Phi) is 5.71. The largest absolute Gasteiger partial charge is 0.454 e. The van der Waals surface area contributed by atoms with E-state index in [4.69, 9.17) is 9.47 Å². The van der Waals surface area contributed by atoms with Gasteiger partial charge in [0.25, 0.3) is 0 Å². The van der Waals surface area contributed by atoms with E-state index in [1.807, 2.05) is 13.0 Å². The minimum atomic E-state index is -1.10. The predicted octanol–water partition coefficient (Wildman–Crippen LogP) is 5.75. The number of carbonyl (C=O) groups excluding carboxylic acids is 2. The molecule has 0 radical (unpaired) electrons. The Balaban J connectivity index is 2.07. The number of Topliss-reactive ketones (excluding diaryl/α,β-unsaturated/α-hetero) is 2. The molecule has 0 saturated carbocycles. The van der Waals surface area contributed by atoms with Crippen molar-refractivity contribution in [2.75, 3.05) is 0 Å². The third kappa shape index (κ3) is 4.14. The maximum Gasteiger partial charge on any atom is 0.179 e. The first kappa shape index (κ1) is 21.7. The Morgan fingerprint density at radius 1 is 1.03 bits per heavy atom. The minimum absolute atomic E-state index is 0.0636. The molecule has 0 aromatic heterocycles. The number of benzene rings is 2. The zero-order valence-electron chi connectivity index (χ0n) is 17.1. The van der Waals surface area contributed by atoms with Crippen molar-refractivity contribution in [2.45, 2.75) is 58.2 Å². The molecule has 29 heavy (non-hydrogen) atoms. The first-order valence-corrected chi connectivity index (χ1v) is 10.3. The molecule has 0 amide bonds. The van der Waals surface area contributed by atoms with Crippen LogP contribution in [0, 0.1) is 5.82 Å². The molecule has 1 aliphatic heterocycles. The van der Waals surface area contributed by atoms with E-state index in [1.54, 1.807) is 45.9 Å². The SMILES string of the molecule is CCc1ccc(Oc2ccc(Br)cc2F)cc1C1C(=O)C(C)(C)OC(C)(C)C1=O. The van der Waals surface area contributed by atoms with Gasteiger partial charge in [-0.1, -0.05) is 28.9 Å². The number of halogens is 2. The van der Waals surface area contributed by atoms with E-state index >= 15 is 0 Å². The molecule has 0 bridgehead atoms. The average molecular weight is 463 g/mol. The van der Waals surface area contributed by atoms with E-state index in [0.29, 0.717) is 22.2 Å². The van der Waals surface area contributed by atoms with Crippen LogP contribution in [0.2, 0.25) is 0 Å². The van der Waals surface area contributed by atoms with Crippen LogP contribution in [0.1, 0.15) is 51.7 Å². The van der Waals surface area contributed by atoms with E-state index in [0.717, 1.165) is 5.56 Å². The molecule has 154 valence electrons. The molecule has 0 N–H and O–H groups in total. The number of ketones is 2. The second kappa shape index (κ2) is 7.65. The fourth-order valence-corrected chi connectivity index (χ4v) is 4.08. The molecule has 0 spiro atoms. The standard InChI is InChI=1S/C23H24BrFO4/c1-6-13-7-9-15(28-18-10-8-14(24)11-17(18)25)12-16(13)19-20(26)22(2,3)29-23(4,5)21(19)27/h7-12,19H,6H2,1-5H3. The van der Waals surface area contributed by atoms with E-state index in [1.165, 1.54) is 12.1 Å². The third-order valence-corrected chi connectivity index (χ3v) is 5.65. The summed E-state index contributed by atoms with van der Waals surface area (Å²) in [6.45, 7) is 8.68. The molecule has 0 unspecified atom stereocenters. The molecule has 2 aromatic rings. The lowest BCUT2D eigenvalue weighted by Gasteiger charge is -2.43. The van der Waals surface area contributed by atoms with Gasteiger partial charge < -0.3 is 9.47 Å². The van der Waals surface area contributed by atoms with E-state index in [2.05, 4.69) is 15.9 Å². The number of hydrogen-bond acceptors (Lipinski definition) is 4. The second-order valence-corrected chi connectivity index (χ2v) is 9.09. The van der Waals surface area contributed by atoms with Gasteiger partial charge in [0.05, 0.1) is 0 Å². The van der Waals surface area contributed by atoms with Crippen LogP contribution >= 0.6 is 15.9 Å². The molecule has 1 saturated heterocycles. The van der Waals surface area contributed by atoms with Crippen molar-refractivity contribution in [3.05, 3.63) is 57.8 Å². The molecule has 1 heterocycles. The summed E-state index contributed by atoms with van der Waals surface area (Å²) >= 11 is 3.22. The molecule has 3 rings (SSSR count). The molecule has 4 nitrogen and oxygen atoms in total. The van der Waals surface area contributed by atoms with Crippen molar-refractivity contribution < 1.29 is 23.5 Å². The summed E-state index contributed by atoms with van der Waals surface area (Å²) in [5, 5.41) is 0. The lowest BCUT2D eigenvalue weighted by Crippen LogP contribution is -2.58. The molecule has 2 aromatic carbocycles. The lowest BCUT2D eigenvalue weighted by atomic mass is 9.73. The summed E-state index contributed by atoms with van der Waals surface area (Å²) in [4.78, 5) is 26.2. The Morgan fingerprint density at radius 2 is 1.66 bits per heavy atom. The maximum absolute atomic E-state index is 14.2. The number of aryl methyl sites for hydroxylation is 1. The first-order chi connectivity index (χ1) is 13.5. The van der Waals surface area contributed by atoms with Crippen molar-refractivity contribution in [3.8, 4) is 11.5 Å². The van der Waals surface area contributed by atoms with Gasteiger partial charge in [-0.15, -0.1) is 0 Å². The Labute approximate surface area is 178 Å². The highest BCUT2D eigenvalue weighted by Crippen LogP contribution is 2.41. The summed E-state index contributed by atoms with van der Waals surface area (Å²) in [7, 11) is 0. The quantitative estimate of drug-likeness (QED) is 0.542. The minimum Gasteiger partial charge on any atom is -0.454 e. The van der Waals surface area contributed by atoms with Gasteiger partial charge in [-0.05, 0) is 75.6 Å². The predicted molar refractivity (Wildman–Crippen MR) is 112 cm³/mol. The highest BCUT2D eigenvalue weighted by molar-refractivity contribution is 9.10. The topological polar surface area (TPSA) is 52.6 Å². The smallest absolute Gasteiger partial charge is 0.179 e. The van der Waals surface area contributed by atoms with Gasteiger partial charge in [0.1, 0.15) is 22.9 Å². The summed E-state index contributed by atoms with van der Waals surface area (Å²) in [5.74, 6) is -1.62. The van der Waals surface area contributed by atoms with E-state index in [9.17, 15) is 14.0 Å². The van der Waals surface area contributed by atoms with Gasteiger partial charge in [0.2, 0.25) is 0 Å². The number of ether oxygens (including phenoxy) is 2. The van der Waals surface area contributed by atoms with Gasteiger partial charge in [-0.2, -0.15) is 0 Å². The molecule has 0 atom stereocenters. The van der Waals surface area contributed by atoms with Crippen LogP contribution in [0.3, 0.4) is 0 Å². The first-order valence-electron chi connectivity index (χ1n) is 9.51. The fraction of sp³-hybridized carbons (Fsp3) is 0.391. The number of hydrogen-bond donors (Lipinski definition) is 0. The van der Waals surface area contributed by atoms with E-state index in [-0.39, 0.29) is 17.3 Å². The molecular weight excluding hydrogens is 439 g/mol. The Bertz CT molecular complexity index is 955. The Hall–Kier alpha value is -2.05. The van der Waals surface area contributed by atoms with Crippen molar-refractivity contribution in [2.24, 2.45) is 0 Å². The van der Waals surface area contributed by atoms with Crippen molar-refractivity contribution in [1.82, 2.24) is 0 Å². The van der Waals surface area contributed by atoms with Crippen LogP contribution in [0.25, 0.3) is 0 Å². The molecule has 1 fully saturated rings. The molecule has 6 heteroatoms. The molecule has 0 aliphatic carbocycles. The highest BCUT2D eigenvalue weighted by Gasteiger charge is 2.53. The van der Waals surface area contributed by atoms with Crippen LogP contribution in [-0.4, -0.2) is 22.8 Å². The van der Waals surface area contributed by atoms with Gasteiger partial charge in [0, 0.05) is 4.47 Å². The average Bonchev–Trinajstić information content (AvgIpc) is 2.62. The van der Waals surface area contributed by atoms with Crippen molar-refractivity contribution in [1.29, 1.82) is 0 Å². The Morgan fingerprint density at radius 3 is 2.21 bits per heavy atom. The normalized spacial score (nSPS) is 18.7. The summed E-state index contributed by atoms with van der Waals surface area (Å²) < 4.78 is 26.3. The van der Waals surface area contributed by atoms with Crippen LogP contribution in [0.15, 0.2) is 40.9 Å². The van der Waals surface area contributed by atoms with Crippen molar-refractivity contribution >= 4 is 27.5 Å². The van der Waals surface area contributed by atoms with Crippen LogP contribution in [0.4, 0.5) is 4.39 Å². The van der Waals surface area contributed by atoms with Gasteiger partial charge in [-0.3, -0.25) is 9.59 Å². The zero-order chi connectivity index (χ0) is 21.6. The fourth-order valence-electron chi connectivity index (χ4n) is 3.75. The summed E-state index contributed by atoms with van der Waals surface area (Å²) in [6.07, 6.45) is 0.640. The molecular formula is C23H24BrFO4. The monoisotopic (exact) mass is 462 g/mol. The number of rotatable bonds is 4.